The largest absolute Gasteiger partial charge is 0.489 e. The van der Waals surface area contributed by atoms with Crippen LogP contribution >= 0.6 is 0 Å². The fourth-order valence-corrected chi connectivity index (χ4v) is 5.22. The Bertz CT molecular complexity index is 970. The van der Waals surface area contributed by atoms with Gasteiger partial charge in [-0.1, -0.05) is 48.5 Å². The number of hydrogen-bond acceptors (Lipinski definition) is 6. The number of hydrogen-bond donors (Lipinski definition) is 0. The van der Waals surface area contributed by atoms with E-state index in [0.29, 0.717) is 38.7 Å². The number of carbonyl (C=O) groups is 2. The van der Waals surface area contributed by atoms with Crippen molar-refractivity contribution in [1.29, 1.82) is 0 Å². The van der Waals surface area contributed by atoms with Gasteiger partial charge < -0.3 is 14.2 Å². The van der Waals surface area contributed by atoms with Gasteiger partial charge >= 0.3 is 5.97 Å². The molecule has 2 aromatic carbocycles. The van der Waals surface area contributed by atoms with Crippen molar-refractivity contribution in [2.45, 2.75) is 63.7 Å². The van der Waals surface area contributed by atoms with E-state index in [2.05, 4.69) is 30.3 Å². The van der Waals surface area contributed by atoms with Crippen LogP contribution in [0.15, 0.2) is 54.6 Å². The summed E-state index contributed by atoms with van der Waals surface area (Å²) in [6.07, 6.45) is 4.59. The predicted molar refractivity (Wildman–Crippen MR) is 134 cm³/mol. The summed E-state index contributed by atoms with van der Waals surface area (Å²) in [7, 11) is 1.93. The summed E-state index contributed by atoms with van der Waals surface area (Å²) >= 11 is 0. The van der Waals surface area contributed by atoms with E-state index in [1.807, 2.05) is 36.2 Å². The van der Waals surface area contributed by atoms with E-state index in [9.17, 15) is 9.59 Å². The number of ketones is 1. The quantitative estimate of drug-likeness (QED) is 0.382. The topological polar surface area (TPSA) is 65.1 Å². The van der Waals surface area contributed by atoms with E-state index >= 15 is 0 Å². The minimum absolute atomic E-state index is 0.0737. The Hall–Kier alpha value is -2.70. The Morgan fingerprint density at radius 1 is 0.971 bits per heavy atom. The molecule has 2 aromatic rings. The molecule has 1 saturated carbocycles. The highest BCUT2D eigenvalue weighted by Gasteiger charge is 2.40. The molecule has 0 N–H and O–H groups in total. The highest BCUT2D eigenvalue weighted by molar-refractivity contribution is 6.02. The second-order valence-corrected chi connectivity index (χ2v) is 9.61. The van der Waals surface area contributed by atoms with Gasteiger partial charge in [0.05, 0.1) is 25.4 Å². The van der Waals surface area contributed by atoms with Crippen LogP contribution in [0.25, 0.3) is 0 Å². The zero-order valence-electron chi connectivity index (χ0n) is 20.9. The van der Waals surface area contributed by atoms with Crippen molar-refractivity contribution in [2.75, 3.05) is 26.8 Å². The van der Waals surface area contributed by atoms with Gasteiger partial charge in [-0.05, 0) is 75.7 Å². The number of nitrogens with zero attached hydrogens (tertiary/aromatic N) is 1. The molecule has 6 heteroatoms. The number of benzene rings is 2. The summed E-state index contributed by atoms with van der Waals surface area (Å²) in [5.74, 6) is 0.261. The van der Waals surface area contributed by atoms with Gasteiger partial charge in [0.25, 0.3) is 0 Å². The lowest BCUT2D eigenvalue weighted by molar-refractivity contribution is -0.156. The SMILES string of the molecule is CCOC(=O)C1CCN(C)C(COC2CCC(c3ccccc3OCc3ccccc3)CC2)C1=O. The molecule has 188 valence electrons. The molecule has 2 atom stereocenters. The zero-order valence-corrected chi connectivity index (χ0v) is 20.9. The highest BCUT2D eigenvalue weighted by atomic mass is 16.5. The van der Waals surface area contributed by atoms with E-state index in [-0.39, 0.29) is 17.9 Å². The third-order valence-electron chi connectivity index (χ3n) is 7.31. The molecular weight excluding hydrogens is 442 g/mol. The maximum Gasteiger partial charge on any atom is 0.316 e. The Kier molecular flexibility index (Phi) is 8.94. The smallest absolute Gasteiger partial charge is 0.316 e. The van der Waals surface area contributed by atoms with Gasteiger partial charge in [-0.15, -0.1) is 0 Å². The average molecular weight is 480 g/mol. The van der Waals surface area contributed by atoms with E-state index < -0.39 is 11.9 Å². The molecule has 0 bridgehead atoms. The van der Waals surface area contributed by atoms with Crippen molar-refractivity contribution in [1.82, 2.24) is 4.90 Å². The molecule has 0 aromatic heterocycles. The number of piperidine rings is 1. The molecule has 1 saturated heterocycles. The van der Waals surface area contributed by atoms with Crippen molar-refractivity contribution >= 4 is 11.8 Å². The number of likely N-dealkylation sites (N-methyl/N-ethyl adjacent to an activating group) is 1. The van der Waals surface area contributed by atoms with Gasteiger partial charge in [0, 0.05) is 0 Å². The number of rotatable bonds is 9. The first-order valence-corrected chi connectivity index (χ1v) is 12.8. The standard InChI is InChI=1S/C29H37NO5/c1-3-33-29(32)25-17-18-30(2)26(28(25)31)20-34-23-15-13-22(14-16-23)24-11-7-8-12-27(24)35-19-21-9-5-4-6-10-21/h4-12,22-23,25-26H,3,13-20H2,1-2H3. The lowest BCUT2D eigenvalue weighted by atomic mass is 9.82. The van der Waals surface area contributed by atoms with Crippen LogP contribution < -0.4 is 4.74 Å². The van der Waals surface area contributed by atoms with E-state index in [4.69, 9.17) is 14.2 Å². The van der Waals surface area contributed by atoms with Crippen molar-refractivity contribution in [3.8, 4) is 5.75 Å². The molecular formula is C29H37NO5. The minimum Gasteiger partial charge on any atom is -0.489 e. The van der Waals surface area contributed by atoms with Crippen LogP contribution in [0, 0.1) is 5.92 Å². The number of ether oxygens (including phenoxy) is 3. The fourth-order valence-electron chi connectivity index (χ4n) is 5.22. The maximum atomic E-state index is 12.9. The number of carbonyl (C=O) groups excluding carboxylic acids is 2. The van der Waals surface area contributed by atoms with E-state index in [0.717, 1.165) is 37.0 Å². The van der Waals surface area contributed by atoms with Crippen LogP contribution in [-0.2, 0) is 25.7 Å². The Morgan fingerprint density at radius 3 is 2.43 bits per heavy atom. The molecule has 2 fully saturated rings. The maximum absolute atomic E-state index is 12.9. The van der Waals surface area contributed by atoms with Gasteiger partial charge in [0.1, 0.15) is 18.3 Å². The first-order chi connectivity index (χ1) is 17.1. The molecule has 35 heavy (non-hydrogen) atoms. The monoisotopic (exact) mass is 479 g/mol. The number of para-hydroxylation sites is 1. The highest BCUT2D eigenvalue weighted by Crippen LogP contribution is 2.38. The Morgan fingerprint density at radius 2 is 1.69 bits per heavy atom. The van der Waals surface area contributed by atoms with Crippen molar-refractivity contribution in [3.63, 3.8) is 0 Å². The predicted octanol–water partition coefficient (Wildman–Crippen LogP) is 4.76. The van der Waals surface area contributed by atoms with E-state index in [1.165, 1.54) is 5.56 Å². The summed E-state index contributed by atoms with van der Waals surface area (Å²) < 4.78 is 17.5. The Balaban J connectivity index is 1.28. The summed E-state index contributed by atoms with van der Waals surface area (Å²) in [5, 5.41) is 0. The zero-order chi connectivity index (χ0) is 24.6. The molecule has 0 radical (unpaired) electrons. The lowest BCUT2D eigenvalue weighted by Crippen LogP contribution is -2.52. The van der Waals surface area contributed by atoms with Crippen LogP contribution in [0.1, 0.15) is 56.1 Å². The van der Waals surface area contributed by atoms with Crippen molar-refractivity contribution in [3.05, 3.63) is 65.7 Å². The summed E-state index contributed by atoms with van der Waals surface area (Å²) in [6.45, 7) is 3.64. The molecule has 2 aliphatic rings. The summed E-state index contributed by atoms with van der Waals surface area (Å²) in [4.78, 5) is 27.1. The fraction of sp³-hybridized carbons (Fsp3) is 0.517. The molecule has 1 aliphatic heterocycles. The van der Waals surface area contributed by atoms with Gasteiger partial charge in [-0.2, -0.15) is 0 Å². The van der Waals surface area contributed by atoms with Gasteiger partial charge in [-0.25, -0.2) is 0 Å². The molecule has 6 nitrogen and oxygen atoms in total. The minimum atomic E-state index is -0.664. The first-order valence-electron chi connectivity index (χ1n) is 12.8. The van der Waals surface area contributed by atoms with Crippen LogP contribution in [-0.4, -0.2) is 55.6 Å². The molecule has 1 heterocycles. The number of Topliss-reactive ketones (excluding diaryl/α,β-unsaturated/α-hetero) is 1. The molecule has 0 spiro atoms. The molecule has 4 rings (SSSR count). The van der Waals surface area contributed by atoms with Crippen molar-refractivity contribution in [2.24, 2.45) is 5.92 Å². The van der Waals surface area contributed by atoms with Gasteiger partial charge in [-0.3, -0.25) is 14.5 Å². The van der Waals surface area contributed by atoms with Gasteiger partial charge in [0.15, 0.2) is 5.78 Å². The number of esters is 1. The number of likely N-dealkylation sites (tertiary alicyclic amines) is 1. The second kappa shape index (κ2) is 12.3. The average Bonchev–Trinajstić information content (AvgIpc) is 2.89. The second-order valence-electron chi connectivity index (χ2n) is 9.61. The normalized spacial score (nSPS) is 25.3. The first kappa shape index (κ1) is 25.4. The van der Waals surface area contributed by atoms with Crippen molar-refractivity contribution < 1.29 is 23.8 Å². The summed E-state index contributed by atoms with van der Waals surface area (Å²) in [6, 6.07) is 18.2. The third kappa shape index (κ3) is 6.50. The van der Waals surface area contributed by atoms with Gasteiger partial charge in [0.2, 0.25) is 0 Å². The van der Waals surface area contributed by atoms with E-state index in [1.54, 1.807) is 6.92 Å². The van der Waals surface area contributed by atoms with Crippen LogP contribution in [0.2, 0.25) is 0 Å². The molecule has 1 aliphatic carbocycles. The van der Waals surface area contributed by atoms with Crippen LogP contribution in [0.5, 0.6) is 5.75 Å². The van der Waals surface area contributed by atoms with Crippen LogP contribution in [0.4, 0.5) is 0 Å². The van der Waals surface area contributed by atoms with Crippen LogP contribution in [0.3, 0.4) is 0 Å². The molecule has 2 unspecified atom stereocenters. The molecule has 0 amide bonds. The third-order valence-corrected chi connectivity index (χ3v) is 7.31. The summed E-state index contributed by atoms with van der Waals surface area (Å²) in [5.41, 5.74) is 2.42. The lowest BCUT2D eigenvalue weighted by Gasteiger charge is -2.36. The Labute approximate surface area is 208 Å².